The van der Waals surface area contributed by atoms with Crippen LogP contribution in [0.2, 0.25) is 0 Å². The molecule has 2 aliphatic heterocycles. The summed E-state index contributed by atoms with van der Waals surface area (Å²) in [6, 6.07) is -0.893. The molecule has 2 amide bonds. The highest BCUT2D eigenvalue weighted by Crippen LogP contribution is 2.40. The van der Waals surface area contributed by atoms with Crippen molar-refractivity contribution in [1.29, 1.82) is 0 Å². The molecule has 14 heteroatoms. The third-order valence-electron chi connectivity index (χ3n) is 4.66. The van der Waals surface area contributed by atoms with E-state index in [1.54, 1.807) is 26.2 Å². The van der Waals surface area contributed by atoms with E-state index in [1.807, 2.05) is 0 Å². The van der Waals surface area contributed by atoms with Crippen LogP contribution in [0.15, 0.2) is 21.8 Å². The second-order valence-electron chi connectivity index (χ2n) is 7.35. The normalized spacial score (nSPS) is 20.2. The van der Waals surface area contributed by atoms with Crippen LogP contribution in [0.25, 0.3) is 0 Å². The molecule has 33 heavy (non-hydrogen) atoms. The molecule has 1 saturated heterocycles. The fourth-order valence-corrected chi connectivity index (χ4v) is 4.88. The van der Waals surface area contributed by atoms with Gasteiger partial charge in [-0.25, -0.2) is 9.78 Å². The number of carbonyl (C=O) groups is 4. The van der Waals surface area contributed by atoms with Crippen molar-refractivity contribution in [3.8, 4) is 0 Å². The molecule has 1 aromatic rings. The summed E-state index contributed by atoms with van der Waals surface area (Å²) in [5, 5.41) is 7.60. The van der Waals surface area contributed by atoms with Crippen molar-refractivity contribution in [2.45, 2.75) is 32.2 Å². The minimum Gasteiger partial charge on any atom is -0.428 e. The number of oxime groups is 1. The largest absolute Gasteiger partial charge is 0.428 e. The van der Waals surface area contributed by atoms with E-state index in [0.717, 1.165) is 11.3 Å². The molecule has 3 N–H and O–H groups in total. The second kappa shape index (κ2) is 10.2. The number of carbonyl (C=O) groups excluding carboxylic acids is 4. The molecular formula is C19H23N5O7S2. The maximum Gasteiger partial charge on any atom is 0.357 e. The summed E-state index contributed by atoms with van der Waals surface area (Å²) in [6.07, 6.45) is 0. The molecule has 0 radical (unpaired) electrons. The highest BCUT2D eigenvalue weighted by atomic mass is 32.2. The molecule has 12 nitrogen and oxygen atoms in total. The van der Waals surface area contributed by atoms with E-state index in [9.17, 15) is 19.2 Å². The number of thioether (sulfide) groups is 1. The van der Waals surface area contributed by atoms with Crippen LogP contribution >= 0.6 is 23.1 Å². The number of amides is 2. The maximum absolute atomic E-state index is 12.9. The molecule has 2 aliphatic rings. The standard InChI is InChI=1S/C19H23N5O7S2/c1-8(2)17(27)30-7-31-18(28)13-9(3)5-32-16-12(15(26)24(13)16)22-14(25)11(23-29-4)10-6-33-19(20)21-10/h6,8,12,16H,5,7H2,1-4H3,(H2,20,21)(H,22,25)/b23-11-/t12?,16-/m1/s1. The molecule has 0 bridgehead atoms. The Kier molecular flexibility index (Phi) is 7.58. The first-order valence-electron chi connectivity index (χ1n) is 9.77. The molecule has 0 saturated carbocycles. The number of aromatic nitrogens is 1. The fraction of sp³-hybridized carbons (Fsp3) is 0.474. The van der Waals surface area contributed by atoms with Crippen LogP contribution in [0.1, 0.15) is 26.5 Å². The van der Waals surface area contributed by atoms with Crippen molar-refractivity contribution in [3.05, 3.63) is 22.3 Å². The minimum atomic E-state index is -0.893. The van der Waals surface area contributed by atoms with Gasteiger partial charge in [-0.05, 0) is 12.5 Å². The molecule has 0 aliphatic carbocycles. The highest BCUT2D eigenvalue weighted by Gasteiger charge is 2.54. The third-order valence-corrected chi connectivity index (χ3v) is 6.76. The summed E-state index contributed by atoms with van der Waals surface area (Å²) >= 11 is 2.52. The lowest BCUT2D eigenvalue weighted by atomic mass is 10.0. The molecule has 0 aromatic carbocycles. The Morgan fingerprint density at radius 2 is 2.09 bits per heavy atom. The number of esters is 2. The molecule has 0 spiro atoms. The van der Waals surface area contributed by atoms with Crippen LogP contribution in [-0.4, -0.2) is 70.4 Å². The summed E-state index contributed by atoms with van der Waals surface area (Å²) in [6.45, 7) is 4.45. The van der Waals surface area contributed by atoms with Gasteiger partial charge in [0.15, 0.2) is 10.8 Å². The Labute approximate surface area is 197 Å². The number of hydrogen-bond acceptors (Lipinski definition) is 12. The van der Waals surface area contributed by atoms with E-state index in [-0.39, 0.29) is 28.2 Å². The first-order chi connectivity index (χ1) is 15.6. The summed E-state index contributed by atoms with van der Waals surface area (Å²) < 4.78 is 9.90. The predicted molar refractivity (Wildman–Crippen MR) is 120 cm³/mol. The van der Waals surface area contributed by atoms with Crippen LogP contribution in [-0.2, 0) is 33.5 Å². The van der Waals surface area contributed by atoms with Gasteiger partial charge in [0.1, 0.15) is 29.9 Å². The number of nitrogens with zero attached hydrogens (tertiary/aromatic N) is 3. The first-order valence-corrected chi connectivity index (χ1v) is 11.7. The minimum absolute atomic E-state index is 0.0768. The number of fused-ring (bicyclic) bond motifs is 1. The number of hydrogen-bond donors (Lipinski definition) is 2. The van der Waals surface area contributed by atoms with Gasteiger partial charge in [-0.1, -0.05) is 19.0 Å². The Morgan fingerprint density at radius 1 is 1.36 bits per heavy atom. The number of rotatable bonds is 8. The van der Waals surface area contributed by atoms with E-state index < -0.39 is 42.0 Å². The smallest absolute Gasteiger partial charge is 0.357 e. The predicted octanol–water partition coefficient (Wildman–Crippen LogP) is 0.450. The molecular weight excluding hydrogens is 474 g/mol. The van der Waals surface area contributed by atoms with Gasteiger partial charge in [-0.3, -0.25) is 19.3 Å². The molecule has 178 valence electrons. The number of nitrogens with one attached hydrogen (secondary N) is 1. The molecule has 1 aromatic heterocycles. The van der Waals surface area contributed by atoms with Gasteiger partial charge in [-0.2, -0.15) is 0 Å². The molecule has 1 fully saturated rings. The third kappa shape index (κ3) is 5.11. The fourth-order valence-electron chi connectivity index (χ4n) is 3.04. The van der Waals surface area contributed by atoms with E-state index in [4.69, 9.17) is 20.0 Å². The van der Waals surface area contributed by atoms with Gasteiger partial charge in [-0.15, -0.1) is 23.1 Å². The van der Waals surface area contributed by atoms with Crippen LogP contribution < -0.4 is 11.1 Å². The summed E-state index contributed by atoms with van der Waals surface area (Å²) in [5.41, 5.74) is 6.42. The molecule has 3 heterocycles. The monoisotopic (exact) mass is 497 g/mol. The van der Waals surface area contributed by atoms with Crippen LogP contribution in [0.5, 0.6) is 0 Å². The average Bonchev–Trinajstić information content (AvgIpc) is 3.20. The van der Waals surface area contributed by atoms with Crippen molar-refractivity contribution in [3.63, 3.8) is 0 Å². The van der Waals surface area contributed by atoms with Crippen LogP contribution in [0, 0.1) is 5.92 Å². The topological polar surface area (TPSA) is 163 Å². The summed E-state index contributed by atoms with van der Waals surface area (Å²) in [5.74, 6) is -2.37. The number of nitrogens with two attached hydrogens (primary N) is 1. The van der Waals surface area contributed by atoms with Crippen LogP contribution in [0.4, 0.5) is 5.13 Å². The van der Waals surface area contributed by atoms with Gasteiger partial charge in [0, 0.05) is 11.1 Å². The maximum atomic E-state index is 12.9. The van der Waals surface area contributed by atoms with Crippen molar-refractivity contribution in [2.24, 2.45) is 11.1 Å². The Bertz CT molecular complexity index is 1040. The first kappa shape index (κ1) is 24.5. The second-order valence-corrected chi connectivity index (χ2v) is 9.35. The number of anilines is 1. The zero-order valence-corrected chi connectivity index (χ0v) is 19.9. The van der Waals surface area contributed by atoms with Gasteiger partial charge in [0.05, 0.1) is 5.92 Å². The lowest BCUT2D eigenvalue weighted by molar-refractivity contribution is -0.170. The lowest BCUT2D eigenvalue weighted by Gasteiger charge is -2.49. The highest BCUT2D eigenvalue weighted by molar-refractivity contribution is 8.00. The number of ether oxygens (including phenoxy) is 2. The Balaban J connectivity index is 1.67. The van der Waals surface area contributed by atoms with E-state index >= 15 is 0 Å². The van der Waals surface area contributed by atoms with E-state index in [1.165, 1.54) is 23.8 Å². The van der Waals surface area contributed by atoms with Crippen molar-refractivity contribution in [1.82, 2.24) is 15.2 Å². The number of nitrogen functional groups attached to an aromatic ring is 1. The number of thiazole rings is 1. The summed E-state index contributed by atoms with van der Waals surface area (Å²) in [7, 11) is 1.28. The quantitative estimate of drug-likeness (QED) is 0.169. The Hall–Kier alpha value is -3.13. The molecule has 1 unspecified atom stereocenters. The average molecular weight is 498 g/mol. The Morgan fingerprint density at radius 3 is 2.70 bits per heavy atom. The van der Waals surface area contributed by atoms with E-state index in [2.05, 4.69) is 15.5 Å². The molecule has 2 atom stereocenters. The van der Waals surface area contributed by atoms with Gasteiger partial charge in [0.25, 0.3) is 11.8 Å². The summed E-state index contributed by atoms with van der Waals surface area (Å²) in [4.78, 5) is 59.8. The molecule has 3 rings (SSSR count). The SMILES string of the molecule is CO/N=C(\C(=O)NC1C(=O)N2C(C(=O)OCOC(=O)C(C)C)=C(C)CS[C@H]12)c1csc(N)n1. The van der Waals surface area contributed by atoms with Crippen molar-refractivity contribution < 1.29 is 33.5 Å². The zero-order valence-electron chi connectivity index (χ0n) is 18.3. The lowest BCUT2D eigenvalue weighted by Crippen LogP contribution is -2.71. The van der Waals surface area contributed by atoms with Crippen LogP contribution in [0.3, 0.4) is 0 Å². The van der Waals surface area contributed by atoms with Crippen molar-refractivity contribution in [2.75, 3.05) is 25.4 Å². The van der Waals surface area contributed by atoms with Crippen molar-refractivity contribution >= 4 is 57.7 Å². The zero-order chi connectivity index (χ0) is 24.3. The van der Waals surface area contributed by atoms with E-state index in [0.29, 0.717) is 11.3 Å². The van der Waals surface area contributed by atoms with Gasteiger partial charge in [0.2, 0.25) is 6.79 Å². The van der Waals surface area contributed by atoms with Gasteiger partial charge < -0.3 is 25.4 Å². The van der Waals surface area contributed by atoms with Gasteiger partial charge >= 0.3 is 11.9 Å². The number of β-lactam (4-membered cyclic amide) rings is 1.